The average molecular weight is 465 g/mol. The van der Waals surface area contributed by atoms with Gasteiger partial charge in [-0.15, -0.1) is 0 Å². The first kappa shape index (κ1) is 27.9. The van der Waals surface area contributed by atoms with Crippen LogP contribution in [-0.2, 0) is 25.6 Å². The number of phenols is 1. The van der Waals surface area contributed by atoms with Crippen molar-refractivity contribution in [3.05, 3.63) is 29.8 Å². The molecule has 3 amide bonds. The number of carboxylic acid groups (broad SMARTS) is 1. The molecule has 0 bridgehead atoms. The Morgan fingerprint density at radius 1 is 0.848 bits per heavy atom. The number of benzene rings is 1. The summed E-state index contributed by atoms with van der Waals surface area (Å²) in [7, 11) is 0. The average Bonchev–Trinajstić information content (AvgIpc) is 2.72. The number of phenolic OH excluding ortho intramolecular Hbond substituents is 1. The Labute approximate surface area is 194 Å². The topological polar surface area (TPSA) is 171 Å². The lowest BCUT2D eigenvalue weighted by Gasteiger charge is -2.25. The molecule has 0 aliphatic heterocycles. The van der Waals surface area contributed by atoms with Crippen molar-refractivity contribution >= 4 is 23.7 Å². The van der Waals surface area contributed by atoms with Crippen molar-refractivity contribution in [1.29, 1.82) is 0 Å². The fraction of sp³-hybridized carbons (Fsp3) is 0.565. The van der Waals surface area contributed by atoms with Crippen molar-refractivity contribution in [2.75, 3.05) is 0 Å². The molecule has 4 unspecified atom stereocenters. The quantitative estimate of drug-likeness (QED) is 0.262. The van der Waals surface area contributed by atoms with Gasteiger partial charge >= 0.3 is 5.97 Å². The van der Waals surface area contributed by atoms with Crippen molar-refractivity contribution in [2.24, 2.45) is 17.6 Å². The number of amides is 3. The molecule has 0 heterocycles. The second kappa shape index (κ2) is 12.8. The maximum atomic E-state index is 12.9. The van der Waals surface area contributed by atoms with Crippen LogP contribution < -0.4 is 21.7 Å². The van der Waals surface area contributed by atoms with E-state index in [9.17, 15) is 29.4 Å². The standard InChI is InChI=1S/C23H36N4O6/c1-12(2)10-17(26-20(29)14(5)25-22(31)19(24)13(3)4)21(30)27-18(23(32)33)11-15-6-8-16(28)9-7-15/h6-9,12-14,17-19,28H,10-11,24H2,1-5H3,(H,25,31)(H,26,29)(H,27,30)(H,32,33). The highest BCUT2D eigenvalue weighted by atomic mass is 16.4. The molecule has 0 aromatic heterocycles. The number of aromatic hydroxyl groups is 1. The zero-order chi connectivity index (χ0) is 25.3. The number of hydrogen-bond acceptors (Lipinski definition) is 6. The third-order valence-electron chi connectivity index (χ3n) is 5.10. The molecule has 4 atom stereocenters. The maximum Gasteiger partial charge on any atom is 0.326 e. The lowest BCUT2D eigenvalue weighted by atomic mass is 10.0. The number of hydrogen-bond donors (Lipinski definition) is 6. The van der Waals surface area contributed by atoms with Crippen LogP contribution in [0.1, 0.15) is 46.6 Å². The monoisotopic (exact) mass is 464 g/mol. The van der Waals surface area contributed by atoms with E-state index in [0.717, 1.165) is 0 Å². The van der Waals surface area contributed by atoms with Gasteiger partial charge in [0, 0.05) is 6.42 Å². The van der Waals surface area contributed by atoms with E-state index in [1.807, 2.05) is 13.8 Å². The summed E-state index contributed by atoms with van der Waals surface area (Å²) in [6.07, 6.45) is 0.276. The largest absolute Gasteiger partial charge is 0.508 e. The van der Waals surface area contributed by atoms with Crippen LogP contribution >= 0.6 is 0 Å². The Kier molecular flexibility index (Phi) is 10.8. The van der Waals surface area contributed by atoms with Gasteiger partial charge in [-0.1, -0.05) is 39.8 Å². The molecule has 10 nitrogen and oxygen atoms in total. The molecular weight excluding hydrogens is 428 g/mol. The smallest absolute Gasteiger partial charge is 0.326 e. The highest BCUT2D eigenvalue weighted by Gasteiger charge is 2.29. The number of aliphatic carboxylic acids is 1. The summed E-state index contributed by atoms with van der Waals surface area (Å²) in [4.78, 5) is 49.3. The lowest BCUT2D eigenvalue weighted by Crippen LogP contribution is -2.57. The molecule has 1 aromatic carbocycles. The van der Waals surface area contributed by atoms with Gasteiger partial charge in [-0.25, -0.2) is 4.79 Å². The van der Waals surface area contributed by atoms with Gasteiger partial charge in [0.25, 0.3) is 0 Å². The highest BCUT2D eigenvalue weighted by molar-refractivity contribution is 5.94. The Morgan fingerprint density at radius 3 is 1.88 bits per heavy atom. The van der Waals surface area contributed by atoms with Crippen LogP contribution in [0.15, 0.2) is 24.3 Å². The molecule has 33 heavy (non-hydrogen) atoms. The Hall–Kier alpha value is -3.14. The van der Waals surface area contributed by atoms with E-state index in [4.69, 9.17) is 5.73 Å². The second-order valence-corrected chi connectivity index (χ2v) is 8.96. The van der Waals surface area contributed by atoms with Gasteiger partial charge in [0.15, 0.2) is 0 Å². The Balaban J connectivity index is 2.86. The maximum absolute atomic E-state index is 12.9. The summed E-state index contributed by atoms with van der Waals surface area (Å²) in [5, 5.41) is 26.6. The molecular formula is C23H36N4O6. The van der Waals surface area contributed by atoms with Crippen molar-refractivity contribution < 1.29 is 29.4 Å². The van der Waals surface area contributed by atoms with Crippen molar-refractivity contribution in [2.45, 2.75) is 71.6 Å². The van der Waals surface area contributed by atoms with Gasteiger partial charge in [-0.2, -0.15) is 0 Å². The predicted octanol–water partition coefficient (Wildman–Crippen LogP) is 0.523. The summed E-state index contributed by atoms with van der Waals surface area (Å²) in [5.74, 6) is -2.95. The molecule has 7 N–H and O–H groups in total. The van der Waals surface area contributed by atoms with E-state index >= 15 is 0 Å². The van der Waals surface area contributed by atoms with Crippen LogP contribution in [0.2, 0.25) is 0 Å². The predicted molar refractivity (Wildman–Crippen MR) is 123 cm³/mol. The summed E-state index contributed by atoms with van der Waals surface area (Å²) in [5.41, 5.74) is 6.41. The van der Waals surface area contributed by atoms with Crippen LogP contribution in [0, 0.1) is 11.8 Å². The minimum absolute atomic E-state index is 0.00322. The Morgan fingerprint density at radius 2 is 1.39 bits per heavy atom. The zero-order valence-electron chi connectivity index (χ0n) is 19.8. The van der Waals surface area contributed by atoms with E-state index in [0.29, 0.717) is 5.56 Å². The minimum Gasteiger partial charge on any atom is -0.508 e. The zero-order valence-corrected chi connectivity index (χ0v) is 19.8. The number of nitrogens with one attached hydrogen (secondary N) is 3. The first-order valence-electron chi connectivity index (χ1n) is 11.0. The molecule has 0 aliphatic carbocycles. The van der Waals surface area contributed by atoms with E-state index in [2.05, 4.69) is 16.0 Å². The first-order chi connectivity index (χ1) is 15.3. The van der Waals surface area contributed by atoms with Gasteiger partial charge in [0.2, 0.25) is 17.7 Å². The molecule has 0 aliphatic rings. The number of carbonyl (C=O) groups is 4. The molecule has 184 valence electrons. The lowest BCUT2D eigenvalue weighted by molar-refractivity contribution is -0.142. The molecule has 10 heteroatoms. The molecule has 0 radical (unpaired) electrons. The van der Waals surface area contributed by atoms with E-state index in [1.54, 1.807) is 26.0 Å². The van der Waals surface area contributed by atoms with Crippen LogP contribution in [0.3, 0.4) is 0 Å². The van der Waals surface area contributed by atoms with Crippen LogP contribution in [-0.4, -0.2) is 58.1 Å². The van der Waals surface area contributed by atoms with E-state index in [-0.39, 0.29) is 30.4 Å². The van der Waals surface area contributed by atoms with Crippen molar-refractivity contribution in [3.63, 3.8) is 0 Å². The van der Waals surface area contributed by atoms with E-state index in [1.165, 1.54) is 19.1 Å². The fourth-order valence-electron chi connectivity index (χ4n) is 3.02. The van der Waals surface area contributed by atoms with Gasteiger partial charge in [-0.05, 0) is 42.9 Å². The van der Waals surface area contributed by atoms with Crippen LogP contribution in [0.5, 0.6) is 5.75 Å². The van der Waals surface area contributed by atoms with Crippen molar-refractivity contribution in [1.82, 2.24) is 16.0 Å². The van der Waals surface area contributed by atoms with E-state index < -0.39 is 47.9 Å². The van der Waals surface area contributed by atoms with Gasteiger partial charge in [-0.3, -0.25) is 14.4 Å². The normalized spacial score (nSPS) is 14.8. The third kappa shape index (κ3) is 9.48. The minimum atomic E-state index is -1.23. The number of nitrogens with two attached hydrogens (primary N) is 1. The van der Waals surface area contributed by atoms with Crippen LogP contribution in [0.25, 0.3) is 0 Å². The summed E-state index contributed by atoms with van der Waals surface area (Å²) >= 11 is 0. The van der Waals surface area contributed by atoms with Crippen LogP contribution in [0.4, 0.5) is 0 Å². The van der Waals surface area contributed by atoms with Gasteiger partial charge in [0.1, 0.15) is 23.9 Å². The summed E-state index contributed by atoms with van der Waals surface area (Å²) < 4.78 is 0. The van der Waals surface area contributed by atoms with Gasteiger partial charge in [0.05, 0.1) is 6.04 Å². The molecule has 1 rings (SSSR count). The van der Waals surface area contributed by atoms with Crippen molar-refractivity contribution in [3.8, 4) is 5.75 Å². The molecule has 1 aromatic rings. The number of carboxylic acids is 1. The Bertz CT molecular complexity index is 825. The van der Waals surface area contributed by atoms with Gasteiger partial charge < -0.3 is 31.9 Å². The molecule has 0 spiro atoms. The summed E-state index contributed by atoms with van der Waals surface area (Å²) in [6, 6.07) is 2.07. The first-order valence-corrected chi connectivity index (χ1v) is 11.0. The molecule has 0 saturated heterocycles. The second-order valence-electron chi connectivity index (χ2n) is 8.96. The SMILES string of the molecule is CC(C)CC(NC(=O)C(C)NC(=O)C(N)C(C)C)C(=O)NC(Cc1ccc(O)cc1)C(=O)O. The third-order valence-corrected chi connectivity index (χ3v) is 5.10. The molecule has 0 saturated carbocycles. The fourth-order valence-corrected chi connectivity index (χ4v) is 3.02. The highest BCUT2D eigenvalue weighted by Crippen LogP contribution is 2.12. The number of carbonyl (C=O) groups excluding carboxylic acids is 3. The molecule has 0 fully saturated rings. The summed E-state index contributed by atoms with van der Waals surface area (Å²) in [6.45, 7) is 8.79. The number of rotatable bonds is 12.